The average molecular weight is 799 g/mol. The van der Waals surface area contributed by atoms with Crippen LogP contribution in [0.3, 0.4) is 0 Å². The first-order valence-corrected chi connectivity index (χ1v) is 19.1. The summed E-state index contributed by atoms with van der Waals surface area (Å²) in [6.07, 6.45) is 0. The Balaban J connectivity index is 1.14. The molecular formula is C38H30N4O12S2. The molecule has 0 saturated heterocycles. The van der Waals surface area contributed by atoms with Gasteiger partial charge in [-0.15, -0.1) is 0 Å². The molecule has 6 aromatic carbocycles. The van der Waals surface area contributed by atoms with Gasteiger partial charge in [-0.3, -0.25) is 28.3 Å². The van der Waals surface area contributed by atoms with Crippen molar-refractivity contribution in [3.05, 3.63) is 119 Å². The Morgan fingerprint density at radius 1 is 0.500 bits per heavy atom. The number of hydrogen-bond donors (Lipinski definition) is 8. The monoisotopic (exact) mass is 798 g/mol. The van der Waals surface area contributed by atoms with Crippen molar-refractivity contribution in [1.82, 2.24) is 0 Å². The van der Waals surface area contributed by atoms with Gasteiger partial charge in [0.15, 0.2) is 0 Å². The topological polar surface area (TPSA) is 266 Å². The van der Waals surface area contributed by atoms with Crippen LogP contribution < -0.4 is 21.3 Å². The smallest absolute Gasteiger partial charge is 0.314 e. The van der Waals surface area contributed by atoms with Crippen LogP contribution in [0.15, 0.2) is 107 Å². The van der Waals surface area contributed by atoms with Crippen molar-refractivity contribution in [2.45, 2.75) is 23.6 Å². The minimum atomic E-state index is -4.88. The van der Waals surface area contributed by atoms with Crippen LogP contribution in [0.25, 0.3) is 21.5 Å². The van der Waals surface area contributed by atoms with E-state index in [1.165, 1.54) is 74.5 Å². The molecule has 286 valence electrons. The highest BCUT2D eigenvalue weighted by Gasteiger charge is 2.26. The van der Waals surface area contributed by atoms with Gasteiger partial charge >= 0.3 is 11.8 Å². The van der Waals surface area contributed by atoms with Gasteiger partial charge in [0.2, 0.25) is 0 Å². The molecule has 56 heavy (non-hydrogen) atoms. The van der Waals surface area contributed by atoms with E-state index in [0.29, 0.717) is 21.9 Å². The molecule has 0 unspecified atom stereocenters. The number of anilines is 4. The van der Waals surface area contributed by atoms with Crippen LogP contribution in [-0.2, 0) is 29.8 Å². The summed E-state index contributed by atoms with van der Waals surface area (Å²) in [5.41, 5.74) is -0.218. The fraction of sp³-hybridized carbons (Fsp3) is 0.0526. The first-order chi connectivity index (χ1) is 26.3. The number of phenols is 2. The van der Waals surface area contributed by atoms with Crippen LogP contribution >= 0.6 is 0 Å². The third kappa shape index (κ3) is 7.84. The number of benzene rings is 6. The van der Waals surface area contributed by atoms with E-state index in [1.54, 1.807) is 24.3 Å². The zero-order valence-electron chi connectivity index (χ0n) is 29.1. The number of fused-ring (bicyclic) bond motifs is 2. The summed E-state index contributed by atoms with van der Waals surface area (Å²) >= 11 is 0. The average Bonchev–Trinajstić information content (AvgIpc) is 3.14. The van der Waals surface area contributed by atoms with Crippen LogP contribution in [0.2, 0.25) is 0 Å². The number of amides is 4. The zero-order valence-corrected chi connectivity index (χ0v) is 30.7. The van der Waals surface area contributed by atoms with Crippen LogP contribution in [0.4, 0.5) is 22.7 Å². The van der Waals surface area contributed by atoms with Crippen LogP contribution in [-0.4, -0.2) is 59.8 Å². The largest absolute Gasteiger partial charge is 0.505 e. The predicted octanol–water partition coefficient (Wildman–Crippen LogP) is 5.60. The second kappa shape index (κ2) is 14.8. The molecule has 0 bridgehead atoms. The molecule has 0 aliphatic heterocycles. The first-order valence-electron chi connectivity index (χ1n) is 16.2. The summed E-state index contributed by atoms with van der Waals surface area (Å²) < 4.78 is 68.0. The molecule has 4 amide bonds. The van der Waals surface area contributed by atoms with Gasteiger partial charge in [-0.1, -0.05) is 48.5 Å². The highest BCUT2D eigenvalue weighted by molar-refractivity contribution is 7.86. The third-order valence-electron chi connectivity index (χ3n) is 8.68. The van der Waals surface area contributed by atoms with Gasteiger partial charge in [-0.2, -0.15) is 16.8 Å². The van der Waals surface area contributed by atoms with Crippen LogP contribution in [0.5, 0.6) is 11.5 Å². The number of phenolic OH excluding ortho intramolecular Hbond substituents is 2. The molecule has 6 aromatic rings. The normalized spacial score (nSPS) is 11.6. The number of nitrogens with one attached hydrogen (secondary N) is 4. The van der Waals surface area contributed by atoms with E-state index in [-0.39, 0.29) is 33.3 Å². The van der Waals surface area contributed by atoms with Crippen molar-refractivity contribution in [3.63, 3.8) is 0 Å². The van der Waals surface area contributed by atoms with Gasteiger partial charge < -0.3 is 31.5 Å². The van der Waals surface area contributed by atoms with E-state index in [2.05, 4.69) is 21.3 Å². The maximum Gasteiger partial charge on any atom is 0.314 e. The molecule has 0 aromatic heterocycles. The second-order valence-corrected chi connectivity index (χ2v) is 15.2. The van der Waals surface area contributed by atoms with E-state index in [9.17, 15) is 55.3 Å². The van der Waals surface area contributed by atoms with E-state index >= 15 is 0 Å². The van der Waals surface area contributed by atoms with E-state index in [1.807, 2.05) is 0 Å². The molecule has 0 radical (unpaired) electrons. The number of aromatic hydroxyl groups is 2. The SMILES string of the molecule is Cc1cc(C(=O)Nc2c(S(=O)(=O)O)cc3ccccc3c2O)ccc1NC(=O)C(=O)Nc1ccc(C(=O)Nc2c(S(=O)(=O)O)cc3ccccc3c2O)cc1C. The molecule has 0 aliphatic carbocycles. The molecule has 0 fully saturated rings. The summed E-state index contributed by atoms with van der Waals surface area (Å²) in [6, 6.07) is 22.4. The summed E-state index contributed by atoms with van der Waals surface area (Å²) in [5.74, 6) is -5.09. The quantitative estimate of drug-likeness (QED) is 0.0532. The molecule has 0 saturated carbocycles. The summed E-state index contributed by atoms with van der Waals surface area (Å²) in [7, 11) is -9.76. The lowest BCUT2D eigenvalue weighted by molar-refractivity contribution is -0.133. The molecule has 16 nitrogen and oxygen atoms in total. The van der Waals surface area contributed by atoms with E-state index < -0.39 is 76.5 Å². The van der Waals surface area contributed by atoms with Gasteiger partial charge in [0.25, 0.3) is 32.1 Å². The zero-order chi connectivity index (χ0) is 40.7. The molecule has 0 spiro atoms. The van der Waals surface area contributed by atoms with Crippen LogP contribution in [0, 0.1) is 13.8 Å². The third-order valence-corrected chi connectivity index (χ3v) is 10.4. The highest BCUT2D eigenvalue weighted by atomic mass is 32.2. The Morgan fingerprint density at radius 2 is 0.857 bits per heavy atom. The van der Waals surface area contributed by atoms with E-state index in [0.717, 1.165) is 12.1 Å². The molecule has 0 aliphatic rings. The van der Waals surface area contributed by atoms with Gasteiger partial charge in [-0.05, 0) is 84.3 Å². The van der Waals surface area contributed by atoms with Crippen LogP contribution in [0.1, 0.15) is 31.8 Å². The fourth-order valence-corrected chi connectivity index (χ4v) is 7.24. The Bertz CT molecular complexity index is 2700. The van der Waals surface area contributed by atoms with Gasteiger partial charge in [-0.25, -0.2) is 0 Å². The van der Waals surface area contributed by atoms with Crippen molar-refractivity contribution < 1.29 is 55.3 Å². The van der Waals surface area contributed by atoms with Crippen molar-refractivity contribution >= 4 is 88.2 Å². The maximum atomic E-state index is 13.2. The number of carbonyl (C=O) groups is 4. The van der Waals surface area contributed by atoms with Gasteiger partial charge in [0.1, 0.15) is 32.7 Å². The molecular weight excluding hydrogens is 769 g/mol. The molecule has 6 rings (SSSR count). The lowest BCUT2D eigenvalue weighted by Crippen LogP contribution is -2.29. The van der Waals surface area contributed by atoms with Gasteiger partial charge in [0.05, 0.1) is 0 Å². The number of rotatable bonds is 8. The van der Waals surface area contributed by atoms with Crippen molar-refractivity contribution in [1.29, 1.82) is 0 Å². The summed E-state index contributed by atoms with van der Waals surface area (Å²) in [4.78, 5) is 50.6. The molecule has 0 heterocycles. The van der Waals surface area contributed by atoms with E-state index in [4.69, 9.17) is 0 Å². The lowest BCUT2D eigenvalue weighted by Gasteiger charge is -2.15. The minimum Gasteiger partial charge on any atom is -0.505 e. The number of hydrogen-bond acceptors (Lipinski definition) is 10. The first kappa shape index (κ1) is 38.9. The molecule has 0 atom stereocenters. The standard InChI is InChI=1S/C38H30N4O12S2/c1-19-15-23(35(45)41-31-29(55(49,50)51)17-21-7-3-5-9-25(21)33(31)43)11-13-27(19)39-37(47)38(48)40-28-14-12-24(16-20(28)2)36(46)42-32-30(56(52,53)54)18-22-8-4-6-10-26(22)34(32)44/h3-18,43-44H,1-2H3,(H,39,47)(H,40,48)(H,41,45)(H,42,46)(H,49,50,51)(H,52,53,54). The van der Waals surface area contributed by atoms with Crippen molar-refractivity contribution in [2.24, 2.45) is 0 Å². The Morgan fingerprint density at radius 3 is 1.20 bits per heavy atom. The van der Waals surface area contributed by atoms with Crippen molar-refractivity contribution in [2.75, 3.05) is 21.3 Å². The highest BCUT2D eigenvalue weighted by Crippen LogP contribution is 2.40. The molecule has 18 heteroatoms. The Labute approximate surface area is 318 Å². The summed E-state index contributed by atoms with van der Waals surface area (Å²) in [6.45, 7) is 3.04. The van der Waals surface area contributed by atoms with Crippen molar-refractivity contribution in [3.8, 4) is 11.5 Å². The summed E-state index contributed by atoms with van der Waals surface area (Å²) in [5, 5.41) is 32.1. The maximum absolute atomic E-state index is 13.2. The lowest BCUT2D eigenvalue weighted by atomic mass is 10.1. The van der Waals surface area contributed by atoms with Gasteiger partial charge in [0, 0.05) is 33.3 Å². The Hall–Kier alpha value is -6.86. The second-order valence-electron chi connectivity index (χ2n) is 12.5. The number of aryl methyl sites for hydroxylation is 2. The number of carbonyl (C=O) groups excluding carboxylic acids is 4. The molecule has 8 N–H and O–H groups in total. The fourth-order valence-electron chi connectivity index (χ4n) is 5.87. The predicted molar refractivity (Wildman–Crippen MR) is 206 cm³/mol. The Kier molecular flexibility index (Phi) is 10.2. The minimum absolute atomic E-state index is 0.0245.